The van der Waals surface area contributed by atoms with Crippen LogP contribution in [0.25, 0.3) is 11.2 Å². The summed E-state index contributed by atoms with van der Waals surface area (Å²) in [6.07, 6.45) is 1.94. The van der Waals surface area contributed by atoms with Gasteiger partial charge in [0, 0.05) is 37.1 Å². The first-order valence-electron chi connectivity index (χ1n) is 7.65. The van der Waals surface area contributed by atoms with Crippen molar-refractivity contribution in [3.05, 3.63) is 23.7 Å². The first kappa shape index (κ1) is 16.2. The van der Waals surface area contributed by atoms with E-state index in [-0.39, 0.29) is 0 Å². The number of pyridine rings is 1. The van der Waals surface area contributed by atoms with Crippen LogP contribution in [-0.4, -0.2) is 44.9 Å². The molecule has 2 aromatic rings. The molecule has 1 unspecified atom stereocenters. The van der Waals surface area contributed by atoms with E-state index < -0.39 is 0 Å². The zero-order valence-electron chi connectivity index (χ0n) is 13.4. The molecule has 0 aliphatic carbocycles. The molecule has 4 nitrogen and oxygen atoms in total. The summed E-state index contributed by atoms with van der Waals surface area (Å²) in [6.45, 7) is 8.39. The van der Waals surface area contributed by atoms with E-state index in [1.165, 1.54) is 0 Å². The minimum Gasteiger partial charge on any atom is -0.311 e. The maximum atomic E-state index is 5.92. The van der Waals surface area contributed by atoms with Gasteiger partial charge in [-0.25, -0.2) is 9.97 Å². The number of imidazole rings is 1. The molecule has 2 heterocycles. The normalized spacial score (nSPS) is 13.2. The van der Waals surface area contributed by atoms with Crippen LogP contribution >= 0.6 is 11.6 Å². The summed E-state index contributed by atoms with van der Waals surface area (Å²) in [5.41, 5.74) is 2.97. The Balaban J connectivity index is 2.27. The van der Waals surface area contributed by atoms with Crippen molar-refractivity contribution in [2.75, 3.05) is 19.5 Å². The van der Waals surface area contributed by atoms with Gasteiger partial charge in [-0.15, -0.1) is 11.6 Å². The van der Waals surface area contributed by atoms with Crippen LogP contribution in [0.3, 0.4) is 0 Å². The van der Waals surface area contributed by atoms with Gasteiger partial charge in [-0.2, -0.15) is 0 Å². The fourth-order valence-corrected chi connectivity index (χ4v) is 2.61. The Bertz CT molecular complexity index is 593. The molecule has 0 spiro atoms. The molecular formula is C16H25ClN4. The lowest BCUT2D eigenvalue weighted by atomic mass is 10.2. The van der Waals surface area contributed by atoms with E-state index in [4.69, 9.17) is 11.6 Å². The average molecular weight is 309 g/mol. The van der Waals surface area contributed by atoms with Crippen molar-refractivity contribution in [3.63, 3.8) is 0 Å². The van der Waals surface area contributed by atoms with Crippen molar-refractivity contribution in [1.29, 1.82) is 0 Å². The van der Waals surface area contributed by atoms with E-state index in [0.29, 0.717) is 11.9 Å². The van der Waals surface area contributed by atoms with Crippen molar-refractivity contribution in [2.45, 2.75) is 46.2 Å². The Morgan fingerprint density at radius 2 is 2.10 bits per heavy atom. The molecule has 0 aliphatic heterocycles. The summed E-state index contributed by atoms with van der Waals surface area (Å²) in [6, 6.07) is 4.64. The quantitative estimate of drug-likeness (QED) is 0.736. The van der Waals surface area contributed by atoms with Crippen LogP contribution in [0, 0.1) is 6.92 Å². The molecular weight excluding hydrogens is 284 g/mol. The number of aromatic nitrogens is 3. The highest BCUT2D eigenvalue weighted by Crippen LogP contribution is 2.16. The maximum Gasteiger partial charge on any atom is 0.160 e. The van der Waals surface area contributed by atoms with Gasteiger partial charge in [-0.05, 0) is 39.4 Å². The van der Waals surface area contributed by atoms with Gasteiger partial charge >= 0.3 is 0 Å². The van der Waals surface area contributed by atoms with Crippen molar-refractivity contribution in [2.24, 2.45) is 0 Å². The number of rotatable bonds is 7. The lowest BCUT2D eigenvalue weighted by Gasteiger charge is -2.24. The molecule has 0 saturated carbocycles. The third-order valence-corrected chi connectivity index (χ3v) is 4.34. The van der Waals surface area contributed by atoms with Gasteiger partial charge in [-0.3, -0.25) is 0 Å². The molecule has 1 atom stereocenters. The second kappa shape index (κ2) is 7.23. The molecule has 2 aromatic heterocycles. The second-order valence-electron chi connectivity index (χ2n) is 5.65. The molecule has 0 aromatic carbocycles. The maximum absolute atomic E-state index is 5.92. The first-order chi connectivity index (χ1) is 10.1. The Kier molecular flexibility index (Phi) is 5.59. The molecule has 116 valence electrons. The lowest BCUT2D eigenvalue weighted by Crippen LogP contribution is -2.31. The molecule has 0 N–H and O–H groups in total. The van der Waals surface area contributed by atoms with Crippen LogP contribution in [0.1, 0.15) is 31.8 Å². The summed E-state index contributed by atoms with van der Waals surface area (Å²) in [5.74, 6) is 1.62. The van der Waals surface area contributed by atoms with E-state index in [2.05, 4.69) is 40.3 Å². The van der Waals surface area contributed by atoms with Crippen molar-refractivity contribution >= 4 is 22.8 Å². The monoisotopic (exact) mass is 308 g/mol. The van der Waals surface area contributed by atoms with E-state index in [9.17, 15) is 0 Å². The Hall–Kier alpha value is -1.13. The van der Waals surface area contributed by atoms with Crippen LogP contribution in [-0.2, 0) is 13.0 Å². The third kappa shape index (κ3) is 3.74. The van der Waals surface area contributed by atoms with Crippen LogP contribution in [0.15, 0.2) is 12.1 Å². The van der Waals surface area contributed by atoms with E-state index >= 15 is 0 Å². The number of hydrogen-bond donors (Lipinski definition) is 0. The standard InChI is InChI=1S/C16H25ClN4/c1-5-13(3)20(4)10-11-21-15(8-9-17)19-14-7-6-12(2)18-16(14)21/h6-7,13H,5,8-11H2,1-4H3. The van der Waals surface area contributed by atoms with Crippen molar-refractivity contribution < 1.29 is 0 Å². The van der Waals surface area contributed by atoms with E-state index in [1.807, 2.05) is 19.1 Å². The van der Waals surface area contributed by atoms with Crippen LogP contribution in [0.5, 0.6) is 0 Å². The van der Waals surface area contributed by atoms with Crippen molar-refractivity contribution in [3.8, 4) is 0 Å². The Morgan fingerprint density at radius 3 is 2.76 bits per heavy atom. The highest BCUT2D eigenvalue weighted by atomic mass is 35.5. The van der Waals surface area contributed by atoms with Gasteiger partial charge in [-0.1, -0.05) is 6.92 Å². The summed E-state index contributed by atoms with van der Waals surface area (Å²) >= 11 is 5.92. The largest absolute Gasteiger partial charge is 0.311 e. The third-order valence-electron chi connectivity index (χ3n) is 4.15. The van der Waals surface area contributed by atoms with Gasteiger partial charge < -0.3 is 9.47 Å². The minimum atomic E-state index is 0.587. The van der Waals surface area contributed by atoms with Gasteiger partial charge in [0.2, 0.25) is 0 Å². The fraction of sp³-hybridized carbons (Fsp3) is 0.625. The molecule has 0 fully saturated rings. The van der Waals surface area contributed by atoms with Gasteiger partial charge in [0.15, 0.2) is 5.65 Å². The molecule has 0 bridgehead atoms. The Labute approximate surface area is 132 Å². The average Bonchev–Trinajstić information content (AvgIpc) is 2.81. The van der Waals surface area contributed by atoms with Crippen LogP contribution in [0.4, 0.5) is 0 Å². The number of alkyl halides is 1. The predicted octanol–water partition coefficient (Wildman–Crippen LogP) is 3.25. The minimum absolute atomic E-state index is 0.587. The summed E-state index contributed by atoms with van der Waals surface area (Å²) < 4.78 is 2.23. The fourth-order valence-electron chi connectivity index (χ4n) is 2.44. The Morgan fingerprint density at radius 1 is 1.33 bits per heavy atom. The number of hydrogen-bond acceptors (Lipinski definition) is 3. The molecule has 5 heteroatoms. The predicted molar refractivity (Wildman–Crippen MR) is 89.1 cm³/mol. The van der Waals surface area contributed by atoms with Crippen LogP contribution in [0.2, 0.25) is 0 Å². The highest BCUT2D eigenvalue weighted by Gasteiger charge is 2.13. The molecule has 0 radical (unpaired) electrons. The number of likely N-dealkylation sites (N-methyl/N-ethyl adjacent to an activating group) is 1. The SMILES string of the molecule is CCC(C)N(C)CCn1c(CCCl)nc2ccc(C)nc21. The molecule has 21 heavy (non-hydrogen) atoms. The molecule has 2 rings (SSSR count). The smallest absolute Gasteiger partial charge is 0.160 e. The highest BCUT2D eigenvalue weighted by molar-refractivity contribution is 6.17. The van der Waals surface area contributed by atoms with Gasteiger partial charge in [0.25, 0.3) is 0 Å². The van der Waals surface area contributed by atoms with E-state index in [1.54, 1.807) is 0 Å². The molecule has 0 aliphatic rings. The number of fused-ring (bicyclic) bond motifs is 1. The summed E-state index contributed by atoms with van der Waals surface area (Å²) in [7, 11) is 2.17. The van der Waals surface area contributed by atoms with Crippen LogP contribution < -0.4 is 0 Å². The first-order valence-corrected chi connectivity index (χ1v) is 8.19. The van der Waals surface area contributed by atoms with Crippen molar-refractivity contribution in [1.82, 2.24) is 19.4 Å². The summed E-state index contributed by atoms with van der Waals surface area (Å²) in [4.78, 5) is 11.7. The topological polar surface area (TPSA) is 34.0 Å². The lowest BCUT2D eigenvalue weighted by molar-refractivity contribution is 0.242. The zero-order valence-corrected chi connectivity index (χ0v) is 14.2. The van der Waals surface area contributed by atoms with Gasteiger partial charge in [0.1, 0.15) is 11.3 Å². The number of aryl methyl sites for hydroxylation is 2. The molecule has 0 saturated heterocycles. The number of nitrogens with zero attached hydrogens (tertiary/aromatic N) is 4. The number of halogens is 1. The second-order valence-corrected chi connectivity index (χ2v) is 6.03. The van der Waals surface area contributed by atoms with E-state index in [0.717, 1.165) is 48.6 Å². The zero-order chi connectivity index (χ0) is 15.4. The molecule has 0 amide bonds. The summed E-state index contributed by atoms with van der Waals surface area (Å²) in [5, 5.41) is 0. The van der Waals surface area contributed by atoms with Gasteiger partial charge in [0.05, 0.1) is 0 Å².